The molecule has 0 saturated heterocycles. The number of thiophene rings is 1. The van der Waals surface area contributed by atoms with Gasteiger partial charge in [-0.1, -0.05) is 24.3 Å². The fraction of sp³-hybridized carbons (Fsp3) is 0.211. The average Bonchev–Trinajstić information content (AvgIpc) is 3.32. The summed E-state index contributed by atoms with van der Waals surface area (Å²) >= 11 is 1.60. The van der Waals surface area contributed by atoms with E-state index in [1.54, 1.807) is 16.0 Å². The smallest absolute Gasteiger partial charge is 0.315 e. The largest absolute Gasteiger partial charge is 0.382 e. The number of nitrogen functional groups attached to an aromatic ring is 1. The standard InChI is InChI=1S/C19H20N6OS/c20-12-16-17(24-25(18(16)21)14-6-2-1-3-7-14)9-4-10-22-19(26)23-13-15-8-5-11-27-15/h1-3,5-8,11H,4,9-10,13,21H2,(H2,22,23,26). The van der Waals surface area contributed by atoms with E-state index < -0.39 is 0 Å². The van der Waals surface area contributed by atoms with E-state index in [-0.39, 0.29) is 6.03 Å². The van der Waals surface area contributed by atoms with E-state index in [1.807, 2.05) is 47.8 Å². The highest BCUT2D eigenvalue weighted by Crippen LogP contribution is 2.21. The van der Waals surface area contributed by atoms with Gasteiger partial charge < -0.3 is 16.4 Å². The van der Waals surface area contributed by atoms with Crippen LogP contribution in [0.4, 0.5) is 10.6 Å². The molecule has 2 aromatic heterocycles. The van der Waals surface area contributed by atoms with Gasteiger partial charge in [0.25, 0.3) is 0 Å². The first kappa shape index (κ1) is 18.5. The molecule has 0 radical (unpaired) electrons. The van der Waals surface area contributed by atoms with Gasteiger partial charge in [-0.3, -0.25) is 0 Å². The van der Waals surface area contributed by atoms with E-state index in [0.29, 0.717) is 43.0 Å². The fourth-order valence-corrected chi connectivity index (χ4v) is 3.29. The molecular weight excluding hydrogens is 360 g/mol. The summed E-state index contributed by atoms with van der Waals surface area (Å²) in [5, 5.41) is 21.5. The number of para-hydroxylation sites is 1. The predicted molar refractivity (Wildman–Crippen MR) is 106 cm³/mol. The first-order chi connectivity index (χ1) is 13.2. The minimum Gasteiger partial charge on any atom is -0.382 e. The van der Waals surface area contributed by atoms with Crippen LogP contribution in [0.3, 0.4) is 0 Å². The van der Waals surface area contributed by atoms with E-state index in [9.17, 15) is 10.1 Å². The molecule has 0 saturated carbocycles. The molecule has 8 heteroatoms. The normalized spacial score (nSPS) is 10.3. The third-order valence-electron chi connectivity index (χ3n) is 3.99. The lowest BCUT2D eigenvalue weighted by Gasteiger charge is -2.06. The number of hydrogen-bond donors (Lipinski definition) is 3. The van der Waals surface area contributed by atoms with E-state index >= 15 is 0 Å². The number of carbonyl (C=O) groups is 1. The zero-order valence-corrected chi connectivity index (χ0v) is 15.5. The predicted octanol–water partition coefficient (Wildman–Crippen LogP) is 2.82. The molecule has 0 aliphatic carbocycles. The van der Waals surface area contributed by atoms with Crippen molar-refractivity contribution in [2.24, 2.45) is 0 Å². The van der Waals surface area contributed by atoms with Gasteiger partial charge in [0, 0.05) is 11.4 Å². The van der Waals surface area contributed by atoms with Crippen LogP contribution in [-0.2, 0) is 13.0 Å². The minimum atomic E-state index is -0.210. The molecule has 0 aliphatic rings. The van der Waals surface area contributed by atoms with Gasteiger partial charge in [-0.2, -0.15) is 10.4 Å². The Kier molecular flexibility index (Phi) is 6.07. The molecule has 27 heavy (non-hydrogen) atoms. The molecule has 3 rings (SSSR count). The second-order valence-corrected chi connectivity index (χ2v) is 6.89. The van der Waals surface area contributed by atoms with Crippen molar-refractivity contribution >= 4 is 23.2 Å². The molecule has 7 nitrogen and oxygen atoms in total. The number of anilines is 1. The number of amides is 2. The van der Waals surface area contributed by atoms with E-state index in [2.05, 4.69) is 21.8 Å². The highest BCUT2D eigenvalue weighted by Gasteiger charge is 2.16. The quantitative estimate of drug-likeness (QED) is 0.548. The van der Waals surface area contributed by atoms with Crippen molar-refractivity contribution in [2.75, 3.05) is 12.3 Å². The maximum Gasteiger partial charge on any atom is 0.315 e. The zero-order valence-electron chi connectivity index (χ0n) is 14.7. The van der Waals surface area contributed by atoms with Crippen LogP contribution < -0.4 is 16.4 Å². The van der Waals surface area contributed by atoms with Gasteiger partial charge in [0.1, 0.15) is 17.5 Å². The number of aromatic nitrogens is 2. The summed E-state index contributed by atoms with van der Waals surface area (Å²) in [6, 6.07) is 15.3. The summed E-state index contributed by atoms with van der Waals surface area (Å²) in [5.41, 5.74) is 7.92. The average molecular weight is 380 g/mol. The molecule has 0 bridgehead atoms. The van der Waals surface area contributed by atoms with Crippen molar-refractivity contribution in [3.8, 4) is 11.8 Å². The number of rotatable bonds is 7. The second-order valence-electron chi connectivity index (χ2n) is 5.86. The van der Waals surface area contributed by atoms with Crippen LogP contribution in [0.1, 0.15) is 22.6 Å². The lowest BCUT2D eigenvalue weighted by molar-refractivity contribution is 0.240. The van der Waals surface area contributed by atoms with Gasteiger partial charge >= 0.3 is 6.03 Å². The van der Waals surface area contributed by atoms with Crippen LogP contribution in [0, 0.1) is 11.3 Å². The number of nitriles is 1. The Hall–Kier alpha value is -3.31. The molecule has 1 aromatic carbocycles. The van der Waals surface area contributed by atoms with Crippen LogP contribution in [0.15, 0.2) is 47.8 Å². The Bertz CT molecular complexity index is 927. The molecule has 0 fully saturated rings. The van der Waals surface area contributed by atoms with Crippen molar-refractivity contribution in [1.82, 2.24) is 20.4 Å². The van der Waals surface area contributed by atoms with Gasteiger partial charge in [0.2, 0.25) is 0 Å². The van der Waals surface area contributed by atoms with Crippen molar-refractivity contribution in [3.63, 3.8) is 0 Å². The molecule has 0 atom stereocenters. The van der Waals surface area contributed by atoms with E-state index in [4.69, 9.17) is 5.73 Å². The third-order valence-corrected chi connectivity index (χ3v) is 4.86. The fourth-order valence-electron chi connectivity index (χ4n) is 2.64. The second kappa shape index (κ2) is 8.87. The van der Waals surface area contributed by atoms with Crippen molar-refractivity contribution < 1.29 is 4.79 Å². The molecule has 2 heterocycles. The summed E-state index contributed by atoms with van der Waals surface area (Å²) in [6.45, 7) is 0.999. The molecule has 4 N–H and O–H groups in total. The zero-order chi connectivity index (χ0) is 19.1. The first-order valence-corrected chi connectivity index (χ1v) is 9.44. The Morgan fingerprint density at radius 3 is 2.74 bits per heavy atom. The molecular formula is C19H20N6OS. The molecule has 138 valence electrons. The molecule has 3 aromatic rings. The van der Waals surface area contributed by atoms with Gasteiger partial charge in [-0.25, -0.2) is 9.48 Å². The van der Waals surface area contributed by atoms with Gasteiger partial charge in [-0.15, -0.1) is 11.3 Å². The molecule has 0 unspecified atom stereocenters. The lowest BCUT2D eigenvalue weighted by Crippen LogP contribution is -2.35. The summed E-state index contributed by atoms with van der Waals surface area (Å²) < 4.78 is 1.58. The van der Waals surface area contributed by atoms with Crippen molar-refractivity contribution in [3.05, 3.63) is 64.0 Å². The Morgan fingerprint density at radius 1 is 1.22 bits per heavy atom. The lowest BCUT2D eigenvalue weighted by atomic mass is 10.1. The maximum atomic E-state index is 11.8. The Morgan fingerprint density at radius 2 is 2.04 bits per heavy atom. The summed E-state index contributed by atoms with van der Waals surface area (Å²) in [7, 11) is 0. The Balaban J connectivity index is 1.52. The number of urea groups is 1. The monoisotopic (exact) mass is 380 g/mol. The number of carbonyl (C=O) groups excluding carboxylic acids is 1. The van der Waals surface area contributed by atoms with Crippen LogP contribution in [0.5, 0.6) is 0 Å². The number of benzene rings is 1. The number of aryl methyl sites for hydroxylation is 1. The van der Waals surface area contributed by atoms with Gasteiger partial charge in [0.05, 0.1) is 17.9 Å². The van der Waals surface area contributed by atoms with Gasteiger partial charge in [-0.05, 0) is 36.4 Å². The summed E-state index contributed by atoms with van der Waals surface area (Å²) in [4.78, 5) is 12.9. The third kappa shape index (κ3) is 4.65. The SMILES string of the molecule is N#Cc1c(CCCNC(=O)NCc2cccs2)nn(-c2ccccc2)c1N. The number of hydrogen-bond acceptors (Lipinski definition) is 5. The maximum absolute atomic E-state index is 11.8. The highest BCUT2D eigenvalue weighted by molar-refractivity contribution is 7.09. The molecule has 0 spiro atoms. The first-order valence-electron chi connectivity index (χ1n) is 8.56. The van der Waals surface area contributed by atoms with E-state index in [0.717, 1.165) is 10.6 Å². The van der Waals surface area contributed by atoms with Crippen LogP contribution in [-0.4, -0.2) is 22.4 Å². The minimum absolute atomic E-state index is 0.210. The van der Waals surface area contributed by atoms with Crippen molar-refractivity contribution in [2.45, 2.75) is 19.4 Å². The van der Waals surface area contributed by atoms with E-state index in [1.165, 1.54) is 0 Å². The number of nitrogens with zero attached hydrogens (tertiary/aromatic N) is 3. The van der Waals surface area contributed by atoms with Crippen LogP contribution in [0.2, 0.25) is 0 Å². The molecule has 2 amide bonds. The Labute approximate surface area is 161 Å². The summed E-state index contributed by atoms with van der Waals surface area (Å²) in [6.07, 6.45) is 1.21. The molecule has 0 aliphatic heterocycles. The van der Waals surface area contributed by atoms with Gasteiger partial charge in [0.15, 0.2) is 0 Å². The van der Waals surface area contributed by atoms with Crippen LogP contribution >= 0.6 is 11.3 Å². The summed E-state index contributed by atoms with van der Waals surface area (Å²) in [5.74, 6) is 0.334. The van der Waals surface area contributed by atoms with Crippen molar-refractivity contribution in [1.29, 1.82) is 5.26 Å². The number of nitrogens with two attached hydrogens (primary N) is 1. The number of nitrogens with one attached hydrogen (secondary N) is 2. The topological polar surface area (TPSA) is 109 Å². The van der Waals surface area contributed by atoms with Crippen LogP contribution in [0.25, 0.3) is 5.69 Å². The highest BCUT2D eigenvalue weighted by atomic mass is 32.1.